The molecule has 2 bridgehead atoms. The Morgan fingerprint density at radius 3 is 2.38 bits per heavy atom. The molecule has 0 aliphatic heterocycles. The maximum Gasteiger partial charge on any atom is 0.197 e. The van der Waals surface area contributed by atoms with E-state index in [1.165, 1.54) is 0 Å². The smallest absolute Gasteiger partial charge is 0.197 e. The van der Waals surface area contributed by atoms with Gasteiger partial charge in [0.2, 0.25) is 0 Å². The predicted octanol–water partition coefficient (Wildman–Crippen LogP) is 1.37. The van der Waals surface area contributed by atoms with Crippen molar-refractivity contribution >= 4 is 11.6 Å². The second-order valence-electron chi connectivity index (χ2n) is 9.81. The maximum absolute atomic E-state index is 13.1. The van der Waals surface area contributed by atoms with Crippen LogP contribution in [0.25, 0.3) is 0 Å². The molecule has 0 unspecified atom stereocenters. The van der Waals surface area contributed by atoms with Gasteiger partial charge in [-0.25, -0.2) is 0 Å². The van der Waals surface area contributed by atoms with Gasteiger partial charge in [0.1, 0.15) is 5.60 Å². The van der Waals surface area contributed by atoms with Gasteiger partial charge in [0, 0.05) is 17.3 Å². The Hall–Kier alpha value is -0.780. The van der Waals surface area contributed by atoms with E-state index in [1.807, 2.05) is 6.92 Å². The van der Waals surface area contributed by atoms with Crippen LogP contribution in [0.2, 0.25) is 0 Å². The van der Waals surface area contributed by atoms with Crippen molar-refractivity contribution in [1.29, 1.82) is 0 Å². The van der Waals surface area contributed by atoms with Crippen LogP contribution in [0.1, 0.15) is 65.7 Å². The molecular formula is C19H28O5. The number of hydrogen-bond acceptors (Lipinski definition) is 5. The van der Waals surface area contributed by atoms with Crippen molar-refractivity contribution in [3.63, 3.8) is 0 Å². The summed E-state index contributed by atoms with van der Waals surface area (Å²) in [6, 6.07) is 0. The second-order valence-corrected chi connectivity index (χ2v) is 9.81. The average molecular weight is 336 g/mol. The monoisotopic (exact) mass is 336 g/mol. The van der Waals surface area contributed by atoms with E-state index in [2.05, 4.69) is 13.8 Å². The molecule has 0 saturated heterocycles. The first-order valence-electron chi connectivity index (χ1n) is 9.15. The first-order chi connectivity index (χ1) is 10.9. The number of aliphatic hydroxyl groups is 3. The first-order valence-corrected chi connectivity index (χ1v) is 9.15. The summed E-state index contributed by atoms with van der Waals surface area (Å²) >= 11 is 0. The molecule has 134 valence electrons. The molecule has 4 saturated carbocycles. The van der Waals surface area contributed by atoms with E-state index in [1.54, 1.807) is 0 Å². The minimum Gasteiger partial charge on any atom is -0.382 e. The summed E-state index contributed by atoms with van der Waals surface area (Å²) in [5, 5.41) is 32.9. The van der Waals surface area contributed by atoms with Gasteiger partial charge in [0.25, 0.3) is 0 Å². The van der Waals surface area contributed by atoms with E-state index in [0.717, 1.165) is 19.3 Å². The summed E-state index contributed by atoms with van der Waals surface area (Å²) in [7, 11) is 0. The van der Waals surface area contributed by atoms with E-state index in [9.17, 15) is 24.9 Å². The van der Waals surface area contributed by atoms with Crippen molar-refractivity contribution in [2.24, 2.45) is 22.2 Å². The molecule has 0 amide bonds. The topological polar surface area (TPSA) is 94.8 Å². The Bertz CT molecular complexity index is 642. The summed E-state index contributed by atoms with van der Waals surface area (Å²) in [5.41, 5.74) is -5.33. The van der Waals surface area contributed by atoms with Crippen LogP contribution in [0.4, 0.5) is 0 Å². The summed E-state index contributed by atoms with van der Waals surface area (Å²) in [4.78, 5) is 25.6. The molecule has 5 nitrogen and oxygen atoms in total. The van der Waals surface area contributed by atoms with E-state index in [0.29, 0.717) is 12.8 Å². The molecule has 5 heteroatoms. The van der Waals surface area contributed by atoms with E-state index in [-0.39, 0.29) is 24.2 Å². The van der Waals surface area contributed by atoms with Crippen LogP contribution in [-0.4, -0.2) is 44.2 Å². The van der Waals surface area contributed by atoms with Gasteiger partial charge in [-0.1, -0.05) is 27.2 Å². The third kappa shape index (κ3) is 1.49. The zero-order chi connectivity index (χ0) is 17.8. The predicted molar refractivity (Wildman–Crippen MR) is 86.1 cm³/mol. The van der Waals surface area contributed by atoms with Gasteiger partial charge < -0.3 is 15.3 Å². The summed E-state index contributed by atoms with van der Waals surface area (Å²) in [6.07, 6.45) is 2.26. The van der Waals surface area contributed by atoms with Crippen molar-refractivity contribution in [2.75, 3.05) is 0 Å². The van der Waals surface area contributed by atoms with Crippen molar-refractivity contribution in [2.45, 2.75) is 83.0 Å². The molecule has 24 heavy (non-hydrogen) atoms. The van der Waals surface area contributed by atoms with E-state index < -0.39 is 39.7 Å². The highest BCUT2D eigenvalue weighted by Gasteiger charge is 2.80. The number of Topliss-reactive ketones (excluding diaryl/α,β-unsaturated/α-hetero) is 2. The highest BCUT2D eigenvalue weighted by Crippen LogP contribution is 2.72. The normalized spacial score (nSPS) is 55.9. The number of carbonyl (C=O) groups is 2. The van der Waals surface area contributed by atoms with Gasteiger partial charge in [-0.3, -0.25) is 9.59 Å². The van der Waals surface area contributed by atoms with Crippen LogP contribution >= 0.6 is 0 Å². The van der Waals surface area contributed by atoms with Crippen LogP contribution in [0.5, 0.6) is 0 Å². The SMILES string of the molecule is CC1(C)CCC[C@]2(C)[C@@H]1CC[C@@]13CC(=O)[C@@](O)(C1)[C@@H](O)C(=O)[C@]32O. The van der Waals surface area contributed by atoms with Crippen molar-refractivity contribution in [3.05, 3.63) is 0 Å². The fourth-order valence-electron chi connectivity index (χ4n) is 7.25. The fraction of sp³-hybridized carbons (Fsp3) is 0.895. The summed E-state index contributed by atoms with van der Waals surface area (Å²) in [6.45, 7) is 6.35. The lowest BCUT2D eigenvalue weighted by molar-refractivity contribution is -0.262. The molecule has 4 fully saturated rings. The lowest BCUT2D eigenvalue weighted by Gasteiger charge is -2.67. The zero-order valence-electron chi connectivity index (χ0n) is 14.8. The van der Waals surface area contributed by atoms with Crippen LogP contribution < -0.4 is 0 Å². The molecule has 0 heterocycles. The summed E-state index contributed by atoms with van der Waals surface area (Å²) < 4.78 is 0. The molecule has 0 aromatic heterocycles. The van der Waals surface area contributed by atoms with Crippen molar-refractivity contribution in [3.8, 4) is 0 Å². The zero-order valence-corrected chi connectivity index (χ0v) is 14.8. The third-order valence-corrected chi connectivity index (χ3v) is 8.38. The highest BCUT2D eigenvalue weighted by molar-refractivity contribution is 6.06. The Balaban J connectivity index is 1.92. The van der Waals surface area contributed by atoms with Gasteiger partial charge in [-0.15, -0.1) is 0 Å². The van der Waals surface area contributed by atoms with Gasteiger partial charge in [0.15, 0.2) is 23.3 Å². The average Bonchev–Trinajstić information content (AvgIpc) is 2.73. The lowest BCUT2D eigenvalue weighted by Crippen LogP contribution is -2.76. The van der Waals surface area contributed by atoms with Crippen LogP contribution in [-0.2, 0) is 9.59 Å². The highest BCUT2D eigenvalue weighted by atomic mass is 16.4. The molecule has 6 atom stereocenters. The Labute approximate surface area is 142 Å². The fourth-order valence-corrected chi connectivity index (χ4v) is 7.25. The Morgan fingerprint density at radius 1 is 1.04 bits per heavy atom. The number of rotatable bonds is 0. The second kappa shape index (κ2) is 4.30. The largest absolute Gasteiger partial charge is 0.382 e. The molecule has 0 aromatic carbocycles. The standard InChI is InChI=1S/C19H28O5/c1-15(2)6-4-7-16(3)11(15)5-8-17-9-12(20)18(23,10-17)13(21)14(22)19(16,17)24/h11,13,21,23-24H,4-10H2,1-3H3/t11-,13+,16-,17-,18+,19-/m1/s1. The first kappa shape index (κ1) is 16.7. The van der Waals surface area contributed by atoms with Crippen molar-refractivity contribution in [1.82, 2.24) is 0 Å². The molecule has 1 spiro atoms. The van der Waals surface area contributed by atoms with E-state index >= 15 is 0 Å². The number of ketones is 2. The quantitative estimate of drug-likeness (QED) is 0.621. The molecule has 4 rings (SSSR count). The van der Waals surface area contributed by atoms with Crippen LogP contribution in [0, 0.1) is 22.2 Å². The van der Waals surface area contributed by atoms with Crippen molar-refractivity contribution < 1.29 is 24.9 Å². The Morgan fingerprint density at radius 2 is 1.71 bits per heavy atom. The minimum absolute atomic E-state index is 0.00494. The lowest BCUT2D eigenvalue weighted by atomic mass is 9.38. The van der Waals surface area contributed by atoms with Crippen LogP contribution in [0.3, 0.4) is 0 Å². The number of fused-ring (bicyclic) bond motifs is 3. The van der Waals surface area contributed by atoms with Gasteiger partial charge >= 0.3 is 0 Å². The van der Waals surface area contributed by atoms with Gasteiger partial charge in [-0.05, 0) is 43.4 Å². The Kier molecular flexibility index (Phi) is 2.99. The number of hydrogen-bond donors (Lipinski definition) is 3. The molecule has 0 radical (unpaired) electrons. The van der Waals surface area contributed by atoms with E-state index in [4.69, 9.17) is 0 Å². The maximum atomic E-state index is 13.1. The minimum atomic E-state index is -2.00. The van der Waals surface area contributed by atoms with Crippen LogP contribution in [0.15, 0.2) is 0 Å². The third-order valence-electron chi connectivity index (χ3n) is 8.38. The van der Waals surface area contributed by atoms with Gasteiger partial charge in [-0.2, -0.15) is 0 Å². The number of aliphatic hydroxyl groups excluding tert-OH is 1. The molecule has 4 aliphatic carbocycles. The number of carbonyl (C=O) groups excluding carboxylic acids is 2. The molecule has 4 aliphatic rings. The molecule has 0 aromatic rings. The molecular weight excluding hydrogens is 308 g/mol. The van der Waals surface area contributed by atoms with Gasteiger partial charge in [0.05, 0.1) is 0 Å². The molecule has 3 N–H and O–H groups in total. The summed E-state index contributed by atoms with van der Waals surface area (Å²) in [5.74, 6) is -1.06.